The Morgan fingerprint density at radius 3 is 2.43 bits per heavy atom. The zero-order valence-electron chi connectivity index (χ0n) is 21.8. The molecule has 0 spiro atoms. The third-order valence-corrected chi connectivity index (χ3v) is 7.64. The molecule has 0 saturated carbocycles. The Balaban J connectivity index is 1.56. The summed E-state index contributed by atoms with van der Waals surface area (Å²) in [6, 6.07) is 9.17. The summed E-state index contributed by atoms with van der Waals surface area (Å²) < 4.78 is 27.4. The van der Waals surface area contributed by atoms with Gasteiger partial charge in [0, 0.05) is 55.0 Å². The zero-order valence-corrected chi connectivity index (χ0v) is 22.6. The molecule has 1 aliphatic heterocycles. The van der Waals surface area contributed by atoms with Gasteiger partial charge < -0.3 is 5.32 Å². The van der Waals surface area contributed by atoms with E-state index in [0.29, 0.717) is 24.2 Å². The Bertz CT molecular complexity index is 1670. The van der Waals surface area contributed by atoms with Crippen molar-refractivity contribution in [2.45, 2.75) is 45.4 Å². The van der Waals surface area contributed by atoms with Gasteiger partial charge in [0.1, 0.15) is 5.69 Å². The normalized spacial score (nSPS) is 13.0. The van der Waals surface area contributed by atoms with Crippen LogP contribution in [0.1, 0.15) is 41.1 Å². The largest absolute Gasteiger partial charge is 0.353 e. The molecule has 0 aliphatic carbocycles. The van der Waals surface area contributed by atoms with Gasteiger partial charge in [-0.15, -0.1) is 0 Å². The van der Waals surface area contributed by atoms with Crippen LogP contribution in [-0.4, -0.2) is 45.1 Å². The van der Waals surface area contributed by atoms with Crippen molar-refractivity contribution in [2.75, 3.05) is 11.6 Å². The minimum absolute atomic E-state index is 0.194. The van der Waals surface area contributed by atoms with Crippen LogP contribution in [0.4, 0.5) is 17.1 Å². The second kappa shape index (κ2) is 9.19. The minimum Gasteiger partial charge on any atom is -0.353 e. The Morgan fingerprint density at radius 1 is 0.973 bits per heavy atom. The highest BCUT2D eigenvalue weighted by Gasteiger charge is 2.22. The van der Waals surface area contributed by atoms with E-state index in [2.05, 4.69) is 20.4 Å². The Morgan fingerprint density at radius 2 is 1.76 bits per heavy atom. The first-order chi connectivity index (χ1) is 17.5. The van der Waals surface area contributed by atoms with Crippen molar-refractivity contribution in [3.8, 4) is 11.3 Å². The van der Waals surface area contributed by atoms with Crippen molar-refractivity contribution < 1.29 is 8.42 Å². The maximum Gasteiger partial charge on any atom is 0.177 e. The number of pyridine rings is 1. The number of anilines is 2. The van der Waals surface area contributed by atoms with Crippen molar-refractivity contribution >= 4 is 32.6 Å². The molecule has 0 atom stereocenters. The molecular formula is C27H29N7O2S. The molecule has 37 heavy (non-hydrogen) atoms. The fourth-order valence-corrected chi connectivity index (χ4v) is 5.21. The molecule has 0 radical (unpaired) electrons. The summed E-state index contributed by atoms with van der Waals surface area (Å²) in [5.74, 6) is 0. The summed E-state index contributed by atoms with van der Waals surface area (Å²) in [4.78, 5) is 18.8. The van der Waals surface area contributed by atoms with E-state index in [9.17, 15) is 8.42 Å². The first-order valence-electron chi connectivity index (χ1n) is 12.0. The molecular weight excluding hydrogens is 486 g/mol. The standard InChI is InChI=1S/C27H29N7O2S/c1-15-9-24-27(29-15)25(13-20(31-24)12-21-14-28-17(3)18(4)30-21)32-22-8-7-19(11-26(22)37(6,35)36)23-10-16(2)34(5)33-23/h7-8,10-11,13-14H,9,12H2,1-6H3,(H,31,32). The van der Waals surface area contributed by atoms with Crippen molar-refractivity contribution in [1.82, 2.24) is 24.7 Å². The number of fused-ring (bicyclic) bond motifs is 1. The molecule has 3 aromatic heterocycles. The lowest BCUT2D eigenvalue weighted by atomic mass is 10.1. The van der Waals surface area contributed by atoms with Gasteiger partial charge in [-0.25, -0.2) is 8.42 Å². The smallest absolute Gasteiger partial charge is 0.177 e. The monoisotopic (exact) mass is 515 g/mol. The Kier molecular flexibility index (Phi) is 6.15. The van der Waals surface area contributed by atoms with E-state index in [-0.39, 0.29) is 4.90 Å². The van der Waals surface area contributed by atoms with Crippen LogP contribution < -0.4 is 5.32 Å². The number of rotatable bonds is 6. The van der Waals surface area contributed by atoms with E-state index in [0.717, 1.165) is 56.8 Å². The molecule has 10 heteroatoms. The van der Waals surface area contributed by atoms with Crippen LogP contribution in [0.25, 0.3) is 11.3 Å². The van der Waals surface area contributed by atoms with Gasteiger partial charge in [0.15, 0.2) is 9.84 Å². The average molecular weight is 516 g/mol. The molecule has 4 heterocycles. The number of aliphatic imine (C=N–C) groups is 1. The third-order valence-electron chi connectivity index (χ3n) is 6.51. The second-order valence-corrected chi connectivity index (χ2v) is 11.6. The molecule has 190 valence electrons. The Labute approximate surface area is 216 Å². The van der Waals surface area contributed by atoms with E-state index in [1.54, 1.807) is 23.0 Å². The number of benzene rings is 1. The van der Waals surface area contributed by atoms with Gasteiger partial charge in [-0.1, -0.05) is 6.07 Å². The lowest BCUT2D eigenvalue weighted by Gasteiger charge is -2.15. The van der Waals surface area contributed by atoms with Gasteiger partial charge in [-0.05, 0) is 52.0 Å². The van der Waals surface area contributed by atoms with E-state index in [1.165, 1.54) is 6.26 Å². The minimum atomic E-state index is -3.55. The highest BCUT2D eigenvalue weighted by Crippen LogP contribution is 2.38. The summed E-state index contributed by atoms with van der Waals surface area (Å²) in [5, 5.41) is 7.85. The predicted molar refractivity (Wildman–Crippen MR) is 145 cm³/mol. The second-order valence-electron chi connectivity index (χ2n) is 9.59. The molecule has 1 aliphatic rings. The highest BCUT2D eigenvalue weighted by molar-refractivity contribution is 7.90. The van der Waals surface area contributed by atoms with E-state index < -0.39 is 9.84 Å². The lowest BCUT2D eigenvalue weighted by molar-refractivity contribution is 0.602. The number of hydrogen-bond donors (Lipinski definition) is 1. The maximum absolute atomic E-state index is 12.8. The number of nitrogens with one attached hydrogen (secondary N) is 1. The van der Waals surface area contributed by atoms with Crippen molar-refractivity contribution in [3.05, 3.63) is 70.7 Å². The molecule has 0 bridgehead atoms. The van der Waals surface area contributed by atoms with E-state index in [1.807, 2.05) is 52.9 Å². The van der Waals surface area contributed by atoms with Crippen LogP contribution in [-0.2, 0) is 29.7 Å². The highest BCUT2D eigenvalue weighted by atomic mass is 32.2. The van der Waals surface area contributed by atoms with Gasteiger partial charge in [-0.3, -0.25) is 24.6 Å². The third kappa shape index (κ3) is 5.01. The van der Waals surface area contributed by atoms with Crippen molar-refractivity contribution in [2.24, 2.45) is 12.0 Å². The van der Waals surface area contributed by atoms with Gasteiger partial charge in [0.05, 0.1) is 44.7 Å². The first kappa shape index (κ1) is 24.8. The number of aryl methyl sites for hydroxylation is 4. The summed E-state index contributed by atoms with van der Waals surface area (Å²) >= 11 is 0. The number of sulfone groups is 1. The van der Waals surface area contributed by atoms with Gasteiger partial charge in [0.25, 0.3) is 0 Å². The quantitative estimate of drug-likeness (QED) is 0.399. The molecule has 0 unspecified atom stereocenters. The lowest BCUT2D eigenvalue weighted by Crippen LogP contribution is -2.06. The van der Waals surface area contributed by atoms with Gasteiger partial charge in [0.2, 0.25) is 0 Å². The molecule has 1 aromatic carbocycles. The van der Waals surface area contributed by atoms with Crippen molar-refractivity contribution in [1.29, 1.82) is 0 Å². The van der Waals surface area contributed by atoms with Crippen LogP contribution in [0.2, 0.25) is 0 Å². The summed E-state index contributed by atoms with van der Waals surface area (Å²) in [7, 11) is -1.69. The van der Waals surface area contributed by atoms with Crippen LogP contribution in [0, 0.1) is 20.8 Å². The van der Waals surface area contributed by atoms with Gasteiger partial charge in [-0.2, -0.15) is 5.10 Å². The number of hydrogen-bond acceptors (Lipinski definition) is 8. The molecule has 1 N–H and O–H groups in total. The topological polar surface area (TPSA) is 115 Å². The van der Waals surface area contributed by atoms with Crippen LogP contribution in [0.5, 0.6) is 0 Å². The summed E-state index contributed by atoms with van der Waals surface area (Å²) in [6.07, 6.45) is 4.13. The van der Waals surface area contributed by atoms with Crippen LogP contribution in [0.3, 0.4) is 0 Å². The van der Waals surface area contributed by atoms with Gasteiger partial charge >= 0.3 is 0 Å². The molecule has 0 amide bonds. The molecule has 0 fully saturated rings. The maximum atomic E-state index is 12.8. The predicted octanol–water partition coefficient (Wildman–Crippen LogP) is 4.58. The average Bonchev–Trinajstić information content (AvgIpc) is 3.37. The molecule has 4 aromatic rings. The Hall–Kier alpha value is -3.92. The summed E-state index contributed by atoms with van der Waals surface area (Å²) in [5.41, 5.74) is 9.59. The van der Waals surface area contributed by atoms with Crippen LogP contribution in [0.15, 0.2) is 46.4 Å². The molecule has 5 rings (SSSR count). The number of nitrogens with zero attached hydrogens (tertiary/aromatic N) is 6. The zero-order chi connectivity index (χ0) is 26.5. The van der Waals surface area contributed by atoms with E-state index >= 15 is 0 Å². The summed E-state index contributed by atoms with van der Waals surface area (Å²) in [6.45, 7) is 7.79. The SMILES string of the molecule is CC1=Nc2c(Nc3ccc(-c4cc(C)n(C)n4)cc3S(C)(=O)=O)cc(Cc3cnc(C)c(C)n3)nc2C1. The molecule has 9 nitrogen and oxygen atoms in total. The van der Waals surface area contributed by atoms with Crippen molar-refractivity contribution in [3.63, 3.8) is 0 Å². The van der Waals surface area contributed by atoms with Crippen LogP contribution >= 0.6 is 0 Å². The number of aromatic nitrogens is 5. The molecule has 0 saturated heterocycles. The fourth-order valence-electron chi connectivity index (χ4n) is 4.35. The first-order valence-corrected chi connectivity index (χ1v) is 13.9. The van der Waals surface area contributed by atoms with E-state index in [4.69, 9.17) is 9.98 Å². The fraction of sp³-hybridized carbons (Fsp3) is 0.296.